The van der Waals surface area contributed by atoms with Gasteiger partial charge in [0, 0.05) is 22.8 Å². The number of carbonyl (C=O) groups is 1. The zero-order chi connectivity index (χ0) is 17.6. The van der Waals surface area contributed by atoms with Crippen LogP contribution in [0.5, 0.6) is 0 Å². The standard InChI is InChI=1S/C18H19BrN4O2/c1-2-3-10-20-16(24)12-23-11-4-5-15(23)18-21-17(22-25-18)13-6-8-14(19)9-7-13/h4-9,11H,2-3,10,12H2,1H3,(H,20,24). The number of hydrogen-bond donors (Lipinski definition) is 1. The maximum atomic E-state index is 12.0. The Morgan fingerprint density at radius 3 is 2.84 bits per heavy atom. The number of unbranched alkanes of at least 4 members (excludes halogenated alkanes) is 1. The maximum absolute atomic E-state index is 12.0. The maximum Gasteiger partial charge on any atom is 0.274 e. The molecular weight excluding hydrogens is 384 g/mol. The van der Waals surface area contributed by atoms with Crippen molar-refractivity contribution in [1.29, 1.82) is 0 Å². The van der Waals surface area contributed by atoms with Crippen molar-refractivity contribution in [2.24, 2.45) is 0 Å². The molecule has 1 N–H and O–H groups in total. The van der Waals surface area contributed by atoms with Gasteiger partial charge in [-0.25, -0.2) is 0 Å². The van der Waals surface area contributed by atoms with E-state index >= 15 is 0 Å². The molecule has 2 aromatic heterocycles. The van der Waals surface area contributed by atoms with Crippen molar-refractivity contribution < 1.29 is 9.32 Å². The SMILES string of the molecule is CCCCNC(=O)Cn1cccc1-c1nc(-c2ccc(Br)cc2)no1. The highest BCUT2D eigenvalue weighted by Crippen LogP contribution is 2.23. The van der Waals surface area contributed by atoms with Gasteiger partial charge in [0.05, 0.1) is 0 Å². The summed E-state index contributed by atoms with van der Waals surface area (Å²) in [6.45, 7) is 3.01. The number of nitrogens with zero attached hydrogens (tertiary/aromatic N) is 3. The molecule has 0 saturated carbocycles. The van der Waals surface area contributed by atoms with E-state index in [1.54, 1.807) is 4.57 Å². The fourth-order valence-electron chi connectivity index (χ4n) is 2.41. The van der Waals surface area contributed by atoms with Gasteiger partial charge in [0.1, 0.15) is 12.2 Å². The van der Waals surface area contributed by atoms with Crippen LogP contribution in [0.15, 0.2) is 51.6 Å². The molecule has 1 amide bonds. The van der Waals surface area contributed by atoms with Gasteiger partial charge in [0.2, 0.25) is 11.7 Å². The molecule has 0 radical (unpaired) electrons. The molecule has 3 rings (SSSR count). The summed E-state index contributed by atoms with van der Waals surface area (Å²) >= 11 is 3.40. The lowest BCUT2D eigenvalue weighted by molar-refractivity contribution is -0.121. The minimum absolute atomic E-state index is 0.0291. The average molecular weight is 403 g/mol. The summed E-state index contributed by atoms with van der Waals surface area (Å²) in [4.78, 5) is 16.5. The zero-order valence-corrected chi connectivity index (χ0v) is 15.5. The summed E-state index contributed by atoms with van der Waals surface area (Å²) in [6.07, 6.45) is 3.86. The van der Waals surface area contributed by atoms with Crippen molar-refractivity contribution in [3.05, 3.63) is 47.1 Å². The summed E-state index contributed by atoms with van der Waals surface area (Å²) in [5.41, 5.74) is 1.59. The lowest BCUT2D eigenvalue weighted by atomic mass is 10.2. The third-order valence-electron chi connectivity index (χ3n) is 3.74. The molecule has 130 valence electrons. The molecule has 0 saturated heterocycles. The van der Waals surface area contributed by atoms with E-state index in [-0.39, 0.29) is 12.5 Å². The van der Waals surface area contributed by atoms with E-state index < -0.39 is 0 Å². The topological polar surface area (TPSA) is 73.0 Å². The van der Waals surface area contributed by atoms with Crippen LogP contribution < -0.4 is 5.32 Å². The van der Waals surface area contributed by atoms with Gasteiger partial charge in [-0.2, -0.15) is 4.98 Å². The monoisotopic (exact) mass is 402 g/mol. The van der Waals surface area contributed by atoms with Crippen molar-refractivity contribution in [2.45, 2.75) is 26.3 Å². The first-order chi connectivity index (χ1) is 12.2. The largest absolute Gasteiger partial charge is 0.355 e. The lowest BCUT2D eigenvalue weighted by Crippen LogP contribution is -2.28. The first-order valence-electron chi connectivity index (χ1n) is 8.19. The fraction of sp³-hybridized carbons (Fsp3) is 0.278. The molecule has 0 aliphatic heterocycles. The molecule has 3 aromatic rings. The Bertz CT molecular complexity index is 839. The first-order valence-corrected chi connectivity index (χ1v) is 8.98. The Kier molecular flexibility index (Phi) is 5.65. The zero-order valence-electron chi connectivity index (χ0n) is 13.9. The summed E-state index contributed by atoms with van der Waals surface area (Å²) < 4.78 is 8.18. The molecular formula is C18H19BrN4O2. The number of amides is 1. The Balaban J connectivity index is 1.74. The highest BCUT2D eigenvalue weighted by atomic mass is 79.9. The van der Waals surface area contributed by atoms with Crippen molar-refractivity contribution in [3.63, 3.8) is 0 Å². The minimum atomic E-state index is -0.0291. The van der Waals surface area contributed by atoms with Crippen molar-refractivity contribution in [1.82, 2.24) is 20.0 Å². The highest BCUT2D eigenvalue weighted by molar-refractivity contribution is 9.10. The molecule has 25 heavy (non-hydrogen) atoms. The van der Waals surface area contributed by atoms with Crippen molar-refractivity contribution >= 4 is 21.8 Å². The number of benzene rings is 1. The van der Waals surface area contributed by atoms with Gasteiger partial charge in [-0.15, -0.1) is 0 Å². The molecule has 1 aromatic carbocycles. The van der Waals surface area contributed by atoms with Crippen LogP contribution in [-0.2, 0) is 11.3 Å². The Hall–Kier alpha value is -2.41. The Morgan fingerprint density at radius 1 is 1.28 bits per heavy atom. The Morgan fingerprint density at radius 2 is 2.08 bits per heavy atom. The van der Waals surface area contributed by atoms with Gasteiger partial charge < -0.3 is 14.4 Å². The van der Waals surface area contributed by atoms with Crippen molar-refractivity contribution in [2.75, 3.05) is 6.54 Å². The third kappa shape index (κ3) is 4.36. The highest BCUT2D eigenvalue weighted by Gasteiger charge is 2.15. The van der Waals surface area contributed by atoms with E-state index in [1.807, 2.05) is 42.6 Å². The molecule has 0 bridgehead atoms. The van der Waals surface area contributed by atoms with Crippen LogP contribution in [0.1, 0.15) is 19.8 Å². The molecule has 0 aliphatic rings. The van der Waals surface area contributed by atoms with E-state index in [0.717, 1.165) is 28.6 Å². The normalized spacial score (nSPS) is 10.8. The average Bonchev–Trinajstić information content (AvgIpc) is 3.25. The number of halogens is 1. The van der Waals surface area contributed by atoms with Crippen LogP contribution in [-0.4, -0.2) is 27.2 Å². The Labute approximate surface area is 154 Å². The van der Waals surface area contributed by atoms with Gasteiger partial charge in [-0.3, -0.25) is 4.79 Å². The first kappa shape index (κ1) is 17.4. The van der Waals surface area contributed by atoms with E-state index in [4.69, 9.17) is 4.52 Å². The molecule has 0 aliphatic carbocycles. The van der Waals surface area contributed by atoms with Crippen molar-refractivity contribution in [3.8, 4) is 23.0 Å². The van der Waals surface area contributed by atoms with Crippen LogP contribution in [0.3, 0.4) is 0 Å². The molecule has 0 spiro atoms. The summed E-state index contributed by atoms with van der Waals surface area (Å²) in [5, 5.41) is 6.94. The van der Waals surface area contributed by atoms with Gasteiger partial charge in [0.25, 0.3) is 5.89 Å². The van der Waals surface area contributed by atoms with Gasteiger partial charge >= 0.3 is 0 Å². The van der Waals surface area contributed by atoms with Crippen LogP contribution >= 0.6 is 15.9 Å². The molecule has 0 unspecified atom stereocenters. The number of carbonyl (C=O) groups excluding carboxylic acids is 1. The number of aromatic nitrogens is 3. The van der Waals surface area contributed by atoms with Gasteiger partial charge in [-0.1, -0.05) is 34.4 Å². The number of hydrogen-bond acceptors (Lipinski definition) is 4. The van der Waals surface area contributed by atoms with Crippen LogP contribution in [0.2, 0.25) is 0 Å². The second-order valence-corrected chi connectivity index (χ2v) is 6.57. The number of rotatable bonds is 7. The molecule has 6 nitrogen and oxygen atoms in total. The number of nitrogens with one attached hydrogen (secondary N) is 1. The predicted molar refractivity (Wildman–Crippen MR) is 98.8 cm³/mol. The van der Waals surface area contributed by atoms with E-state index in [2.05, 4.69) is 38.3 Å². The third-order valence-corrected chi connectivity index (χ3v) is 4.27. The quantitative estimate of drug-likeness (QED) is 0.608. The molecule has 2 heterocycles. The molecule has 7 heteroatoms. The summed E-state index contributed by atoms with van der Waals surface area (Å²) in [6, 6.07) is 11.4. The van der Waals surface area contributed by atoms with Crippen LogP contribution in [0.4, 0.5) is 0 Å². The molecule has 0 atom stereocenters. The second kappa shape index (κ2) is 8.11. The minimum Gasteiger partial charge on any atom is -0.355 e. The van der Waals surface area contributed by atoms with E-state index in [9.17, 15) is 4.79 Å². The van der Waals surface area contributed by atoms with Crippen LogP contribution in [0, 0.1) is 0 Å². The fourth-order valence-corrected chi connectivity index (χ4v) is 2.67. The van der Waals surface area contributed by atoms with Gasteiger partial charge in [-0.05, 0) is 42.8 Å². The lowest BCUT2D eigenvalue weighted by Gasteiger charge is -2.07. The van der Waals surface area contributed by atoms with Crippen LogP contribution in [0.25, 0.3) is 23.0 Å². The van der Waals surface area contributed by atoms with E-state index in [1.165, 1.54) is 0 Å². The predicted octanol–water partition coefficient (Wildman–Crippen LogP) is 3.88. The second-order valence-electron chi connectivity index (χ2n) is 5.65. The molecule has 0 fully saturated rings. The summed E-state index contributed by atoms with van der Waals surface area (Å²) in [7, 11) is 0. The van der Waals surface area contributed by atoms with Gasteiger partial charge in [0.15, 0.2) is 0 Å². The summed E-state index contributed by atoms with van der Waals surface area (Å²) in [5.74, 6) is 0.880. The smallest absolute Gasteiger partial charge is 0.274 e. The van der Waals surface area contributed by atoms with E-state index in [0.29, 0.717) is 18.3 Å².